The second-order valence-corrected chi connectivity index (χ2v) is 8.83. The van der Waals surface area contributed by atoms with Crippen LogP contribution in [0.15, 0.2) is 83.4 Å². The monoisotopic (exact) mass is 489 g/mol. The first-order chi connectivity index (χ1) is 16.6. The Bertz CT molecular complexity index is 1310. The first-order valence-corrected chi connectivity index (χ1v) is 11.9. The molecule has 5 rings (SSSR count). The quantitative estimate of drug-likeness (QED) is 0.298. The normalized spacial score (nSPS) is 17.6. The van der Waals surface area contributed by atoms with E-state index in [0.717, 1.165) is 39.8 Å². The van der Waals surface area contributed by atoms with Crippen molar-refractivity contribution in [1.82, 2.24) is 10.3 Å². The lowest BCUT2D eigenvalue weighted by Gasteiger charge is -2.26. The van der Waals surface area contributed by atoms with Gasteiger partial charge in [0.25, 0.3) is 0 Å². The first-order valence-electron chi connectivity index (χ1n) is 11.2. The van der Waals surface area contributed by atoms with Crippen LogP contribution in [0.2, 0.25) is 5.02 Å². The fraction of sp³-hybridized carbons (Fsp3) is 0.185. The molecule has 1 aliphatic rings. The maximum Gasteiger partial charge on any atom is 0.174 e. The average molecular weight is 490 g/mol. The third-order valence-electron chi connectivity index (χ3n) is 5.98. The topological polar surface area (TPSA) is 50.5 Å². The molecule has 2 atom stereocenters. The molecule has 3 heterocycles. The minimum atomic E-state index is -0.228. The molecule has 1 fully saturated rings. The molecule has 2 aromatic heterocycles. The van der Waals surface area contributed by atoms with Gasteiger partial charge in [-0.2, -0.15) is 0 Å². The molecule has 1 N–H and O–H groups in total. The summed E-state index contributed by atoms with van der Waals surface area (Å²) in [6, 6.07) is 23.2. The van der Waals surface area contributed by atoms with Crippen LogP contribution in [0.1, 0.15) is 36.0 Å². The van der Waals surface area contributed by atoms with Crippen molar-refractivity contribution >= 4 is 34.6 Å². The Morgan fingerprint density at radius 2 is 1.88 bits per heavy atom. The zero-order chi connectivity index (χ0) is 23.7. The number of hydrogen-bond donors (Lipinski definition) is 1. The van der Waals surface area contributed by atoms with Crippen molar-refractivity contribution < 1.29 is 9.15 Å². The third kappa shape index (κ3) is 4.15. The number of benzene rings is 2. The van der Waals surface area contributed by atoms with Crippen molar-refractivity contribution in [3.63, 3.8) is 0 Å². The summed E-state index contributed by atoms with van der Waals surface area (Å²) in [6.45, 7) is 4.58. The van der Waals surface area contributed by atoms with Crippen molar-refractivity contribution in [3.8, 4) is 17.1 Å². The van der Waals surface area contributed by atoms with E-state index in [1.54, 1.807) is 6.20 Å². The largest absolute Gasteiger partial charge is 0.494 e. The van der Waals surface area contributed by atoms with Gasteiger partial charge in [0.1, 0.15) is 23.3 Å². The van der Waals surface area contributed by atoms with Crippen LogP contribution in [0.3, 0.4) is 0 Å². The first kappa shape index (κ1) is 22.4. The van der Waals surface area contributed by atoms with Gasteiger partial charge in [0.05, 0.1) is 18.3 Å². The van der Waals surface area contributed by atoms with Gasteiger partial charge >= 0.3 is 0 Å². The molecule has 0 bridgehead atoms. The molecule has 0 radical (unpaired) electrons. The molecule has 0 aliphatic carbocycles. The van der Waals surface area contributed by atoms with E-state index < -0.39 is 0 Å². The molecule has 34 heavy (non-hydrogen) atoms. The average Bonchev–Trinajstić information content (AvgIpc) is 3.47. The summed E-state index contributed by atoms with van der Waals surface area (Å²) < 4.78 is 12.1. The van der Waals surface area contributed by atoms with Crippen molar-refractivity contribution in [2.45, 2.75) is 25.9 Å². The Kier molecular flexibility index (Phi) is 6.26. The molecule has 172 valence electrons. The summed E-state index contributed by atoms with van der Waals surface area (Å²) in [5.74, 6) is 2.37. The van der Waals surface area contributed by atoms with Gasteiger partial charge in [-0.3, -0.25) is 4.98 Å². The highest BCUT2D eigenvalue weighted by Gasteiger charge is 2.42. The molecule has 5 nitrogen and oxygen atoms in total. The van der Waals surface area contributed by atoms with Crippen LogP contribution in [0.5, 0.6) is 5.75 Å². The Morgan fingerprint density at radius 3 is 2.62 bits per heavy atom. The standard InChI is InChI=1S/C27H24ClN3O2S/c1-3-32-19-12-10-18(11-13-19)31-26(25(30-27(31)34)22-9-4-5-16-29-22)24-15-14-23(33-24)20-7-6-8-21(28)17(20)2/h4-16,25-26H,3H2,1-2H3,(H,30,34)/t25-,26-/m0/s1. The van der Waals surface area contributed by atoms with Gasteiger partial charge in [0, 0.05) is 22.5 Å². The minimum absolute atomic E-state index is 0.181. The summed E-state index contributed by atoms with van der Waals surface area (Å²) in [5, 5.41) is 4.78. The van der Waals surface area contributed by atoms with E-state index in [-0.39, 0.29) is 12.1 Å². The minimum Gasteiger partial charge on any atom is -0.494 e. The van der Waals surface area contributed by atoms with Crippen LogP contribution in [-0.2, 0) is 0 Å². The van der Waals surface area contributed by atoms with Crippen molar-refractivity contribution in [1.29, 1.82) is 0 Å². The maximum atomic E-state index is 6.45. The number of ether oxygens (including phenoxy) is 1. The fourth-order valence-corrected chi connectivity index (χ4v) is 4.84. The van der Waals surface area contributed by atoms with E-state index in [0.29, 0.717) is 16.7 Å². The highest BCUT2D eigenvalue weighted by Crippen LogP contribution is 2.43. The lowest BCUT2D eigenvalue weighted by Crippen LogP contribution is -2.29. The molecule has 0 amide bonds. The SMILES string of the molecule is CCOc1ccc(N2C(=S)N[C@@H](c3ccccn3)[C@@H]2c2ccc(-c3cccc(Cl)c3C)o2)cc1. The number of nitrogens with one attached hydrogen (secondary N) is 1. The van der Waals surface area contributed by atoms with Crippen LogP contribution in [0, 0.1) is 6.92 Å². The zero-order valence-corrected chi connectivity index (χ0v) is 20.4. The molecule has 0 saturated carbocycles. The Morgan fingerprint density at radius 1 is 1.06 bits per heavy atom. The Hall–Kier alpha value is -3.35. The molecule has 1 saturated heterocycles. The van der Waals surface area contributed by atoms with Crippen LogP contribution in [0.25, 0.3) is 11.3 Å². The van der Waals surface area contributed by atoms with E-state index in [4.69, 9.17) is 33.0 Å². The summed E-state index contributed by atoms with van der Waals surface area (Å²) >= 11 is 12.2. The number of aromatic nitrogens is 1. The lowest BCUT2D eigenvalue weighted by atomic mass is 10.0. The number of rotatable bonds is 6. The van der Waals surface area contributed by atoms with Gasteiger partial charge < -0.3 is 19.4 Å². The number of halogens is 1. The van der Waals surface area contributed by atoms with Crippen LogP contribution in [-0.4, -0.2) is 16.7 Å². The number of nitrogens with zero attached hydrogens (tertiary/aromatic N) is 2. The number of anilines is 1. The van der Waals surface area contributed by atoms with E-state index in [2.05, 4.69) is 15.2 Å². The smallest absolute Gasteiger partial charge is 0.174 e. The summed E-state index contributed by atoms with van der Waals surface area (Å²) in [4.78, 5) is 6.68. The number of pyridine rings is 1. The van der Waals surface area contributed by atoms with Gasteiger partial charge in [-0.25, -0.2) is 0 Å². The summed E-state index contributed by atoms with van der Waals surface area (Å²) in [6.07, 6.45) is 1.79. The molecular weight excluding hydrogens is 466 g/mol. The van der Waals surface area contributed by atoms with Gasteiger partial charge in [0.15, 0.2) is 5.11 Å². The van der Waals surface area contributed by atoms with Crippen molar-refractivity contribution in [2.75, 3.05) is 11.5 Å². The van der Waals surface area contributed by atoms with Crippen molar-refractivity contribution in [3.05, 3.63) is 101 Å². The van der Waals surface area contributed by atoms with Crippen molar-refractivity contribution in [2.24, 2.45) is 0 Å². The molecule has 4 aromatic rings. The second-order valence-electron chi connectivity index (χ2n) is 8.04. The zero-order valence-electron chi connectivity index (χ0n) is 18.9. The summed E-state index contributed by atoms with van der Waals surface area (Å²) in [7, 11) is 0. The number of furan rings is 1. The van der Waals surface area contributed by atoms with E-state index in [1.807, 2.05) is 86.6 Å². The van der Waals surface area contributed by atoms with Crippen LogP contribution >= 0.6 is 23.8 Å². The van der Waals surface area contributed by atoms with E-state index >= 15 is 0 Å². The van der Waals surface area contributed by atoms with Gasteiger partial charge in [-0.1, -0.05) is 29.8 Å². The number of thiocarbonyl (C=S) groups is 1. The van der Waals surface area contributed by atoms with E-state index in [9.17, 15) is 0 Å². The fourth-order valence-electron chi connectivity index (χ4n) is 4.32. The highest BCUT2D eigenvalue weighted by molar-refractivity contribution is 7.80. The van der Waals surface area contributed by atoms with Gasteiger partial charge in [-0.05, 0) is 86.2 Å². The summed E-state index contributed by atoms with van der Waals surface area (Å²) in [5.41, 5.74) is 3.78. The van der Waals surface area contributed by atoms with Crippen LogP contribution in [0.4, 0.5) is 5.69 Å². The Balaban J connectivity index is 1.58. The number of hydrogen-bond acceptors (Lipinski definition) is 4. The maximum absolute atomic E-state index is 6.45. The van der Waals surface area contributed by atoms with Gasteiger partial charge in [0.2, 0.25) is 0 Å². The predicted molar refractivity (Wildman–Crippen MR) is 139 cm³/mol. The highest BCUT2D eigenvalue weighted by atomic mass is 35.5. The second kappa shape index (κ2) is 9.49. The molecule has 1 aliphatic heterocycles. The van der Waals surface area contributed by atoms with E-state index in [1.165, 1.54) is 0 Å². The molecular formula is C27H24ClN3O2S. The molecule has 2 aromatic carbocycles. The molecule has 7 heteroatoms. The predicted octanol–water partition coefficient (Wildman–Crippen LogP) is 6.88. The lowest BCUT2D eigenvalue weighted by molar-refractivity contribution is 0.340. The van der Waals surface area contributed by atoms with Gasteiger partial charge in [-0.15, -0.1) is 0 Å². The molecule has 0 unspecified atom stereocenters. The molecule has 0 spiro atoms. The van der Waals surface area contributed by atoms with Crippen LogP contribution < -0.4 is 15.0 Å². The third-order valence-corrected chi connectivity index (χ3v) is 6.70. The Labute approximate surface area is 209 Å².